The molecule has 0 saturated carbocycles. The number of rotatable bonds is 5. The van der Waals surface area contributed by atoms with Gasteiger partial charge in [0.1, 0.15) is 8.07 Å². The third-order valence-electron chi connectivity index (χ3n) is 2.91. The highest BCUT2D eigenvalue weighted by atomic mass is 28.3. The van der Waals surface area contributed by atoms with Crippen molar-refractivity contribution < 1.29 is 0 Å². The molecule has 0 aliphatic heterocycles. The third kappa shape index (κ3) is 8.77. The van der Waals surface area contributed by atoms with E-state index in [-0.39, 0.29) is 11.0 Å². The molecule has 1 unspecified atom stereocenters. The Morgan fingerprint density at radius 3 is 2.00 bits per heavy atom. The Morgan fingerprint density at radius 2 is 1.61 bits per heavy atom. The van der Waals surface area contributed by atoms with Crippen molar-refractivity contribution in [3.05, 3.63) is 0 Å². The van der Waals surface area contributed by atoms with E-state index in [9.17, 15) is 0 Å². The molecule has 18 heavy (non-hydrogen) atoms. The van der Waals surface area contributed by atoms with Crippen LogP contribution in [0.15, 0.2) is 0 Å². The summed E-state index contributed by atoms with van der Waals surface area (Å²) in [4.78, 5) is 0. The smallest absolute Gasteiger partial charge is 0.129 e. The number of nitrogens with one attached hydrogen (secondary N) is 1. The molecule has 0 spiro atoms. The Hall–Kier alpha value is -0.263. The van der Waals surface area contributed by atoms with E-state index in [4.69, 9.17) is 0 Å². The Labute approximate surface area is 116 Å². The second kappa shape index (κ2) is 6.26. The summed E-state index contributed by atoms with van der Waals surface area (Å²) in [6.07, 6.45) is 2.26. The molecule has 0 fully saturated rings. The van der Waals surface area contributed by atoms with Crippen LogP contribution in [-0.2, 0) is 0 Å². The van der Waals surface area contributed by atoms with E-state index in [1.165, 1.54) is 6.42 Å². The fourth-order valence-corrected chi connectivity index (χ4v) is 3.04. The Kier molecular flexibility index (Phi) is 6.17. The van der Waals surface area contributed by atoms with E-state index in [1.807, 2.05) is 0 Å². The van der Waals surface area contributed by atoms with E-state index >= 15 is 0 Å². The average molecular weight is 268 g/mol. The van der Waals surface area contributed by atoms with Gasteiger partial charge < -0.3 is 5.32 Å². The van der Waals surface area contributed by atoms with E-state index in [0.717, 1.165) is 6.42 Å². The zero-order chi connectivity index (χ0) is 14.6. The van der Waals surface area contributed by atoms with Gasteiger partial charge >= 0.3 is 0 Å². The summed E-state index contributed by atoms with van der Waals surface area (Å²) >= 11 is 0. The first kappa shape index (κ1) is 17.7. The lowest BCUT2D eigenvalue weighted by Gasteiger charge is -2.35. The van der Waals surface area contributed by atoms with Crippen LogP contribution in [0.5, 0.6) is 0 Å². The van der Waals surface area contributed by atoms with Gasteiger partial charge in [-0.25, -0.2) is 0 Å². The maximum absolute atomic E-state index is 3.70. The molecule has 0 aromatic rings. The van der Waals surface area contributed by atoms with Crippen LogP contribution in [0.3, 0.4) is 0 Å². The molecule has 0 heterocycles. The molecular weight excluding hydrogens is 234 g/mol. The van der Waals surface area contributed by atoms with Crippen molar-refractivity contribution in [3.8, 4) is 11.5 Å². The van der Waals surface area contributed by atoms with Crippen LogP contribution in [0, 0.1) is 16.9 Å². The molecule has 2 heteroatoms. The van der Waals surface area contributed by atoms with Gasteiger partial charge in [0.05, 0.1) is 0 Å². The van der Waals surface area contributed by atoms with Crippen molar-refractivity contribution in [2.24, 2.45) is 5.41 Å². The fraction of sp³-hybridized carbons (Fsp3) is 0.875. The molecule has 0 aliphatic rings. The first-order chi connectivity index (χ1) is 7.87. The topological polar surface area (TPSA) is 12.0 Å². The summed E-state index contributed by atoms with van der Waals surface area (Å²) in [5.41, 5.74) is 3.75. The van der Waals surface area contributed by atoms with E-state index in [2.05, 4.69) is 78.0 Å². The van der Waals surface area contributed by atoms with Gasteiger partial charge in [0, 0.05) is 17.0 Å². The summed E-state index contributed by atoms with van der Waals surface area (Å²) < 4.78 is 0. The zero-order valence-corrected chi connectivity index (χ0v) is 15.0. The second-order valence-corrected chi connectivity index (χ2v) is 12.6. The largest absolute Gasteiger partial charge is 0.309 e. The van der Waals surface area contributed by atoms with Crippen LogP contribution in [0.4, 0.5) is 0 Å². The second-order valence-electron chi connectivity index (χ2n) is 7.90. The summed E-state index contributed by atoms with van der Waals surface area (Å²) in [6, 6.07) is 0.570. The Morgan fingerprint density at radius 1 is 1.11 bits per heavy atom. The maximum Gasteiger partial charge on any atom is 0.129 e. The molecule has 0 aromatic heterocycles. The molecule has 0 aromatic carbocycles. The first-order valence-electron chi connectivity index (χ1n) is 7.19. The monoisotopic (exact) mass is 267 g/mol. The summed E-state index contributed by atoms with van der Waals surface area (Å²) in [6.45, 7) is 20.5. The lowest BCUT2D eigenvalue weighted by Crippen LogP contribution is -2.47. The van der Waals surface area contributed by atoms with E-state index < -0.39 is 8.07 Å². The average Bonchev–Trinajstić information content (AvgIpc) is 2.11. The normalized spacial score (nSPS) is 14.9. The molecule has 0 bridgehead atoms. The van der Waals surface area contributed by atoms with Crippen molar-refractivity contribution in [2.75, 3.05) is 0 Å². The molecule has 0 amide bonds. The quantitative estimate of drug-likeness (QED) is 0.573. The minimum atomic E-state index is -1.26. The SMILES string of the molecule is CCC(C)NC(C)(C)CC(C)(C)C#C[Si](C)(C)C. The van der Waals surface area contributed by atoms with Crippen molar-refractivity contribution in [3.63, 3.8) is 0 Å². The van der Waals surface area contributed by atoms with Crippen molar-refractivity contribution in [2.45, 2.75) is 85.6 Å². The highest BCUT2D eigenvalue weighted by molar-refractivity contribution is 6.83. The summed E-state index contributed by atoms with van der Waals surface area (Å²) in [5, 5.41) is 3.70. The summed E-state index contributed by atoms with van der Waals surface area (Å²) in [5.74, 6) is 3.52. The van der Waals surface area contributed by atoms with Gasteiger partial charge in [0.15, 0.2) is 0 Å². The van der Waals surface area contributed by atoms with Crippen molar-refractivity contribution >= 4 is 8.07 Å². The molecule has 1 N–H and O–H groups in total. The molecule has 106 valence electrons. The van der Waals surface area contributed by atoms with Gasteiger partial charge in [-0.3, -0.25) is 0 Å². The highest BCUT2D eigenvalue weighted by Crippen LogP contribution is 2.27. The van der Waals surface area contributed by atoms with Crippen LogP contribution >= 0.6 is 0 Å². The van der Waals surface area contributed by atoms with Crippen LogP contribution in [-0.4, -0.2) is 19.7 Å². The molecule has 1 nitrogen and oxygen atoms in total. The molecule has 0 saturated heterocycles. The Balaban J connectivity index is 4.69. The van der Waals surface area contributed by atoms with Gasteiger partial charge in [-0.1, -0.05) is 26.6 Å². The standard InChI is InChI=1S/C16H33NSi/c1-10-14(2)17-16(5,6)13-15(3,4)11-12-18(7,8)9/h14,17H,10,13H2,1-9H3. The fourth-order valence-electron chi connectivity index (χ4n) is 2.33. The molecule has 0 radical (unpaired) electrons. The molecular formula is C16H33NSi. The minimum Gasteiger partial charge on any atom is -0.309 e. The first-order valence-corrected chi connectivity index (χ1v) is 10.7. The van der Waals surface area contributed by atoms with Crippen LogP contribution < -0.4 is 5.32 Å². The molecule has 0 aliphatic carbocycles. The Bertz CT molecular complexity index is 312. The molecule has 1 atom stereocenters. The third-order valence-corrected chi connectivity index (χ3v) is 3.78. The number of hydrogen-bond acceptors (Lipinski definition) is 1. The number of hydrogen-bond donors (Lipinski definition) is 1. The maximum atomic E-state index is 3.70. The van der Waals surface area contributed by atoms with E-state index in [0.29, 0.717) is 6.04 Å². The zero-order valence-electron chi connectivity index (χ0n) is 14.0. The van der Waals surface area contributed by atoms with Crippen molar-refractivity contribution in [1.29, 1.82) is 0 Å². The predicted octanol–water partition coefficient (Wildman–Crippen LogP) is 4.45. The van der Waals surface area contributed by atoms with Gasteiger partial charge in [0.25, 0.3) is 0 Å². The molecule has 0 rings (SSSR count). The lowest BCUT2D eigenvalue weighted by atomic mass is 9.80. The van der Waals surface area contributed by atoms with Crippen molar-refractivity contribution in [1.82, 2.24) is 5.32 Å². The van der Waals surface area contributed by atoms with Gasteiger partial charge in [-0.15, -0.1) is 11.5 Å². The summed E-state index contributed by atoms with van der Waals surface area (Å²) in [7, 11) is -1.26. The van der Waals surface area contributed by atoms with Crippen LogP contribution in [0.25, 0.3) is 0 Å². The van der Waals surface area contributed by atoms with Crippen LogP contribution in [0.1, 0.15) is 54.4 Å². The highest BCUT2D eigenvalue weighted by Gasteiger charge is 2.28. The van der Waals surface area contributed by atoms with Gasteiger partial charge in [0.2, 0.25) is 0 Å². The van der Waals surface area contributed by atoms with Crippen LogP contribution in [0.2, 0.25) is 19.6 Å². The minimum absolute atomic E-state index is 0.0875. The van der Waals surface area contributed by atoms with Gasteiger partial charge in [-0.2, -0.15) is 0 Å². The van der Waals surface area contributed by atoms with E-state index in [1.54, 1.807) is 0 Å². The van der Waals surface area contributed by atoms with Gasteiger partial charge in [-0.05, 0) is 47.5 Å². The lowest BCUT2D eigenvalue weighted by molar-refractivity contribution is 0.252. The predicted molar refractivity (Wildman–Crippen MR) is 86.5 cm³/mol.